The Labute approximate surface area is 119 Å². The van der Waals surface area contributed by atoms with Gasteiger partial charge < -0.3 is 25.9 Å². The van der Waals surface area contributed by atoms with E-state index in [0.717, 1.165) is 19.4 Å². The van der Waals surface area contributed by atoms with Crippen molar-refractivity contribution in [3.63, 3.8) is 0 Å². The van der Waals surface area contributed by atoms with Crippen molar-refractivity contribution in [2.24, 2.45) is 16.3 Å². The first-order chi connectivity index (χ1) is 9.60. The summed E-state index contributed by atoms with van der Waals surface area (Å²) in [4.78, 5) is 14.8. The number of carbonyl (C=O) groups excluding carboxylic acids is 1. The van der Waals surface area contributed by atoms with Crippen molar-refractivity contribution >= 4 is 11.7 Å². The second-order valence-electron chi connectivity index (χ2n) is 5.67. The molecule has 2 aliphatic rings. The number of rotatable bonds is 4. The van der Waals surface area contributed by atoms with Gasteiger partial charge in [-0.15, -0.1) is 0 Å². The van der Waals surface area contributed by atoms with E-state index < -0.39 is 5.41 Å². The molecule has 2 rings (SSSR count). The molecular weight excluding hydrogens is 260 g/mol. The standard InChI is InChI=1S/C13H24N4O3/c1-17-6-2-3-10(17)9-15-12(18)13(11(14)16-19)4-7-20-8-5-13/h10,19H,2-9H2,1H3,(H2,14,16)(H,15,18). The predicted molar refractivity (Wildman–Crippen MR) is 74.6 cm³/mol. The molecule has 2 heterocycles. The lowest BCUT2D eigenvalue weighted by Gasteiger charge is -2.35. The molecule has 0 saturated carbocycles. The summed E-state index contributed by atoms with van der Waals surface area (Å²) >= 11 is 0. The van der Waals surface area contributed by atoms with E-state index in [9.17, 15) is 4.79 Å². The van der Waals surface area contributed by atoms with Crippen LogP contribution in [-0.2, 0) is 9.53 Å². The Morgan fingerprint density at radius 2 is 2.25 bits per heavy atom. The molecule has 20 heavy (non-hydrogen) atoms. The van der Waals surface area contributed by atoms with E-state index in [1.54, 1.807) is 0 Å². The van der Waals surface area contributed by atoms with Gasteiger partial charge in [-0.25, -0.2) is 0 Å². The number of hydrogen-bond donors (Lipinski definition) is 3. The highest BCUT2D eigenvalue weighted by Crippen LogP contribution is 2.31. The van der Waals surface area contributed by atoms with E-state index in [1.165, 1.54) is 0 Å². The summed E-state index contributed by atoms with van der Waals surface area (Å²) < 4.78 is 5.28. The highest BCUT2D eigenvalue weighted by molar-refractivity contribution is 6.06. The molecule has 1 amide bonds. The van der Waals surface area contributed by atoms with Crippen LogP contribution >= 0.6 is 0 Å². The number of likely N-dealkylation sites (N-methyl/N-ethyl adjacent to an activating group) is 1. The maximum Gasteiger partial charge on any atom is 0.234 e. The molecule has 0 aliphatic carbocycles. The zero-order valence-corrected chi connectivity index (χ0v) is 12.0. The predicted octanol–water partition coefficient (Wildman–Crippen LogP) is -0.260. The van der Waals surface area contributed by atoms with Crippen LogP contribution in [0.5, 0.6) is 0 Å². The summed E-state index contributed by atoms with van der Waals surface area (Å²) in [5.74, 6) is -0.172. The number of carbonyl (C=O) groups is 1. The minimum Gasteiger partial charge on any atom is -0.409 e. The van der Waals surface area contributed by atoms with E-state index >= 15 is 0 Å². The number of nitrogens with zero attached hydrogens (tertiary/aromatic N) is 2. The lowest BCUT2D eigenvalue weighted by molar-refractivity contribution is -0.131. The quantitative estimate of drug-likeness (QED) is 0.286. The molecule has 114 valence electrons. The second kappa shape index (κ2) is 6.41. The molecule has 2 aliphatic heterocycles. The Bertz CT molecular complexity index is 380. The summed E-state index contributed by atoms with van der Waals surface area (Å²) in [5, 5.41) is 15.0. The van der Waals surface area contributed by atoms with Crippen molar-refractivity contribution in [1.29, 1.82) is 0 Å². The van der Waals surface area contributed by atoms with Crippen LogP contribution in [0.3, 0.4) is 0 Å². The zero-order chi connectivity index (χ0) is 14.6. The minimum absolute atomic E-state index is 0.0157. The fourth-order valence-corrected chi connectivity index (χ4v) is 3.03. The average Bonchev–Trinajstić information content (AvgIpc) is 2.89. The lowest BCUT2D eigenvalue weighted by atomic mass is 9.78. The molecule has 4 N–H and O–H groups in total. The van der Waals surface area contributed by atoms with E-state index in [-0.39, 0.29) is 11.7 Å². The monoisotopic (exact) mass is 284 g/mol. The van der Waals surface area contributed by atoms with Crippen molar-refractivity contribution in [1.82, 2.24) is 10.2 Å². The number of nitrogens with two attached hydrogens (primary N) is 1. The Balaban J connectivity index is 2.00. The van der Waals surface area contributed by atoms with Gasteiger partial charge in [0, 0.05) is 25.8 Å². The van der Waals surface area contributed by atoms with Crippen LogP contribution in [0, 0.1) is 5.41 Å². The van der Waals surface area contributed by atoms with Crippen LogP contribution in [0.4, 0.5) is 0 Å². The van der Waals surface area contributed by atoms with Gasteiger partial charge in [0.05, 0.1) is 0 Å². The van der Waals surface area contributed by atoms with Crippen molar-refractivity contribution in [2.45, 2.75) is 31.7 Å². The number of hydrogen-bond acceptors (Lipinski definition) is 5. The molecule has 2 saturated heterocycles. The second-order valence-corrected chi connectivity index (χ2v) is 5.67. The summed E-state index contributed by atoms with van der Waals surface area (Å²) in [6.45, 7) is 2.58. The number of ether oxygens (including phenoxy) is 1. The first-order valence-corrected chi connectivity index (χ1v) is 7.14. The normalized spacial score (nSPS) is 27.4. The molecule has 1 unspecified atom stereocenters. The zero-order valence-electron chi connectivity index (χ0n) is 12.0. The molecule has 7 heteroatoms. The van der Waals surface area contributed by atoms with E-state index in [1.807, 2.05) is 0 Å². The maximum atomic E-state index is 12.5. The Morgan fingerprint density at radius 3 is 2.80 bits per heavy atom. The first kappa shape index (κ1) is 15.1. The molecular formula is C13H24N4O3. The Morgan fingerprint density at radius 1 is 1.55 bits per heavy atom. The van der Waals surface area contributed by atoms with Gasteiger partial charge in [-0.05, 0) is 39.3 Å². The van der Waals surface area contributed by atoms with Crippen LogP contribution in [0.2, 0.25) is 0 Å². The van der Waals surface area contributed by atoms with Crippen LogP contribution in [0.1, 0.15) is 25.7 Å². The molecule has 7 nitrogen and oxygen atoms in total. The maximum absolute atomic E-state index is 12.5. The molecule has 0 bridgehead atoms. The van der Waals surface area contributed by atoms with E-state index in [0.29, 0.717) is 38.6 Å². The van der Waals surface area contributed by atoms with Crippen molar-refractivity contribution in [2.75, 3.05) is 33.4 Å². The fourth-order valence-electron chi connectivity index (χ4n) is 3.03. The van der Waals surface area contributed by atoms with Crippen molar-refractivity contribution in [3.05, 3.63) is 0 Å². The molecule has 0 radical (unpaired) electrons. The highest BCUT2D eigenvalue weighted by Gasteiger charge is 2.44. The summed E-state index contributed by atoms with van der Waals surface area (Å²) in [6, 6.07) is 0.378. The molecule has 0 spiro atoms. The molecule has 0 aromatic rings. The summed E-state index contributed by atoms with van der Waals surface area (Å²) in [6.07, 6.45) is 3.16. The smallest absolute Gasteiger partial charge is 0.234 e. The number of amidine groups is 1. The number of oxime groups is 1. The third-order valence-electron chi connectivity index (χ3n) is 4.55. The first-order valence-electron chi connectivity index (χ1n) is 7.14. The number of likely N-dealkylation sites (tertiary alicyclic amines) is 1. The molecule has 0 aromatic carbocycles. The van der Waals surface area contributed by atoms with E-state index in [4.69, 9.17) is 15.7 Å². The molecule has 2 fully saturated rings. The Hall–Kier alpha value is -1.34. The van der Waals surface area contributed by atoms with Gasteiger partial charge in [-0.3, -0.25) is 4.79 Å². The van der Waals surface area contributed by atoms with Gasteiger partial charge in [-0.1, -0.05) is 5.16 Å². The van der Waals surface area contributed by atoms with Crippen molar-refractivity contribution < 1.29 is 14.7 Å². The topological polar surface area (TPSA) is 100 Å². The summed E-state index contributed by atoms with van der Waals surface area (Å²) in [5.41, 5.74) is 4.84. The van der Waals surface area contributed by atoms with E-state index in [2.05, 4.69) is 22.4 Å². The molecule has 1 atom stereocenters. The van der Waals surface area contributed by atoms with Crippen LogP contribution < -0.4 is 11.1 Å². The van der Waals surface area contributed by atoms with Crippen LogP contribution in [0.25, 0.3) is 0 Å². The van der Waals surface area contributed by atoms with Gasteiger partial charge in [-0.2, -0.15) is 0 Å². The molecule has 0 aromatic heterocycles. The third kappa shape index (κ3) is 2.88. The number of nitrogens with one attached hydrogen (secondary N) is 1. The van der Waals surface area contributed by atoms with Crippen LogP contribution in [-0.4, -0.2) is 61.2 Å². The minimum atomic E-state index is -0.926. The summed E-state index contributed by atoms with van der Waals surface area (Å²) in [7, 11) is 2.07. The fraction of sp³-hybridized carbons (Fsp3) is 0.846. The lowest BCUT2D eigenvalue weighted by Crippen LogP contribution is -2.54. The Kier molecular flexibility index (Phi) is 4.82. The van der Waals surface area contributed by atoms with Gasteiger partial charge in [0.2, 0.25) is 5.91 Å². The van der Waals surface area contributed by atoms with Gasteiger partial charge in [0.1, 0.15) is 5.41 Å². The van der Waals surface area contributed by atoms with Gasteiger partial charge >= 0.3 is 0 Å². The average molecular weight is 284 g/mol. The third-order valence-corrected chi connectivity index (χ3v) is 4.55. The van der Waals surface area contributed by atoms with Gasteiger partial charge in [0.15, 0.2) is 5.84 Å². The highest BCUT2D eigenvalue weighted by atomic mass is 16.5. The SMILES string of the molecule is CN1CCCC1CNC(=O)C1(C(N)=NO)CCOCC1. The van der Waals surface area contributed by atoms with Crippen molar-refractivity contribution in [3.8, 4) is 0 Å². The van der Waals surface area contributed by atoms with Gasteiger partial charge in [0.25, 0.3) is 0 Å². The number of amides is 1. The largest absolute Gasteiger partial charge is 0.409 e. The van der Waals surface area contributed by atoms with Crippen LogP contribution in [0.15, 0.2) is 5.16 Å².